The smallest absolute Gasteiger partial charge is 0.319 e. The van der Waals surface area contributed by atoms with Crippen LogP contribution in [0, 0.1) is 6.92 Å². The lowest BCUT2D eigenvalue weighted by Gasteiger charge is -2.41. The van der Waals surface area contributed by atoms with Crippen LogP contribution in [0.3, 0.4) is 0 Å². The zero-order valence-electron chi connectivity index (χ0n) is 16.4. The molecule has 6 heteroatoms. The Bertz CT molecular complexity index is 726. The van der Waals surface area contributed by atoms with Crippen molar-refractivity contribution >= 4 is 23.1 Å². The third kappa shape index (κ3) is 5.31. The van der Waals surface area contributed by atoms with Gasteiger partial charge in [-0.05, 0) is 49.5 Å². The number of carbonyl (C=O) groups is 1. The summed E-state index contributed by atoms with van der Waals surface area (Å²) in [7, 11) is 0. The molecule has 0 spiro atoms. The van der Waals surface area contributed by atoms with Gasteiger partial charge in [-0.3, -0.25) is 4.90 Å². The van der Waals surface area contributed by atoms with Crippen molar-refractivity contribution in [3.63, 3.8) is 0 Å². The molecule has 2 aromatic rings. The fraction of sp³-hybridized carbons (Fsp3) is 0.476. The fourth-order valence-electron chi connectivity index (χ4n) is 3.74. The largest absolute Gasteiger partial charge is 0.333 e. The van der Waals surface area contributed by atoms with E-state index < -0.39 is 0 Å². The molecule has 1 aliphatic heterocycles. The van der Waals surface area contributed by atoms with Crippen LogP contribution < -0.4 is 10.6 Å². The molecule has 2 atom stereocenters. The predicted octanol–water partition coefficient (Wildman–Crippen LogP) is 3.95. The van der Waals surface area contributed by atoms with Crippen LogP contribution in [-0.2, 0) is 0 Å². The van der Waals surface area contributed by atoms with Gasteiger partial charge in [-0.15, -0.1) is 11.3 Å². The molecule has 0 aliphatic carbocycles. The monoisotopic (exact) mass is 386 g/mol. The maximum Gasteiger partial charge on any atom is 0.319 e. The van der Waals surface area contributed by atoms with Gasteiger partial charge in [-0.25, -0.2) is 4.79 Å². The number of aryl methyl sites for hydroxylation is 1. The first-order valence-corrected chi connectivity index (χ1v) is 10.6. The number of likely N-dealkylation sites (N-methyl/N-ethyl adjacent to an activating group) is 1. The van der Waals surface area contributed by atoms with Crippen molar-refractivity contribution in [1.82, 2.24) is 15.1 Å². The number of hydrogen-bond donors (Lipinski definition) is 2. The molecule has 1 fully saturated rings. The van der Waals surface area contributed by atoms with E-state index in [2.05, 4.69) is 51.8 Å². The lowest BCUT2D eigenvalue weighted by atomic mass is 10.0. The Morgan fingerprint density at radius 3 is 2.59 bits per heavy atom. The van der Waals surface area contributed by atoms with E-state index in [9.17, 15) is 4.79 Å². The molecular weight excluding hydrogens is 356 g/mol. The molecule has 1 aromatic carbocycles. The zero-order chi connectivity index (χ0) is 19.2. The van der Waals surface area contributed by atoms with Crippen LogP contribution >= 0.6 is 11.3 Å². The summed E-state index contributed by atoms with van der Waals surface area (Å²) in [5.74, 6) is 0. The molecule has 2 amide bonds. The van der Waals surface area contributed by atoms with E-state index >= 15 is 0 Å². The third-order valence-corrected chi connectivity index (χ3v) is 6.13. The molecule has 0 saturated carbocycles. The summed E-state index contributed by atoms with van der Waals surface area (Å²) >= 11 is 1.77. The van der Waals surface area contributed by atoms with Gasteiger partial charge in [-0.2, -0.15) is 0 Å². The van der Waals surface area contributed by atoms with Crippen molar-refractivity contribution < 1.29 is 4.79 Å². The molecule has 2 N–H and O–H groups in total. The van der Waals surface area contributed by atoms with Gasteiger partial charge in [0.2, 0.25) is 0 Å². The molecule has 1 saturated heterocycles. The number of nitrogens with zero attached hydrogens (tertiary/aromatic N) is 2. The van der Waals surface area contributed by atoms with Crippen molar-refractivity contribution in [2.45, 2.75) is 32.9 Å². The summed E-state index contributed by atoms with van der Waals surface area (Å²) in [4.78, 5) is 18.8. The highest BCUT2D eigenvalue weighted by Crippen LogP contribution is 2.29. The number of urea groups is 1. The summed E-state index contributed by atoms with van der Waals surface area (Å²) in [6.45, 7) is 11.7. The predicted molar refractivity (Wildman–Crippen MR) is 114 cm³/mol. The minimum absolute atomic E-state index is 0.0154. The summed E-state index contributed by atoms with van der Waals surface area (Å²) in [6, 6.07) is 12.2. The molecule has 27 heavy (non-hydrogen) atoms. The van der Waals surface area contributed by atoms with Gasteiger partial charge in [0.1, 0.15) is 0 Å². The molecule has 2 heterocycles. The van der Waals surface area contributed by atoms with Crippen LogP contribution in [0.15, 0.2) is 41.8 Å². The van der Waals surface area contributed by atoms with Crippen LogP contribution in [0.4, 0.5) is 10.5 Å². The van der Waals surface area contributed by atoms with Gasteiger partial charge in [0, 0.05) is 42.8 Å². The third-order valence-electron chi connectivity index (χ3n) is 5.19. The van der Waals surface area contributed by atoms with E-state index in [1.807, 2.05) is 31.2 Å². The van der Waals surface area contributed by atoms with Gasteiger partial charge in [0.25, 0.3) is 0 Å². The Hall–Kier alpha value is -1.89. The molecule has 3 rings (SSSR count). The highest BCUT2D eigenvalue weighted by molar-refractivity contribution is 7.10. The lowest BCUT2D eigenvalue weighted by Crippen LogP contribution is -2.52. The molecule has 0 radical (unpaired) electrons. The number of carbonyl (C=O) groups excluding carboxylic acids is 1. The van der Waals surface area contributed by atoms with E-state index in [1.165, 1.54) is 4.88 Å². The van der Waals surface area contributed by atoms with Crippen molar-refractivity contribution in [2.24, 2.45) is 0 Å². The van der Waals surface area contributed by atoms with E-state index in [0.29, 0.717) is 0 Å². The number of nitrogens with one attached hydrogen (secondary N) is 2. The summed E-state index contributed by atoms with van der Waals surface area (Å²) < 4.78 is 0. The first-order valence-electron chi connectivity index (χ1n) is 9.71. The van der Waals surface area contributed by atoms with Gasteiger partial charge < -0.3 is 15.5 Å². The van der Waals surface area contributed by atoms with Crippen molar-refractivity contribution in [1.29, 1.82) is 0 Å². The summed E-state index contributed by atoms with van der Waals surface area (Å²) in [5, 5.41) is 8.23. The highest BCUT2D eigenvalue weighted by atomic mass is 32.1. The first kappa shape index (κ1) is 19.9. The second-order valence-corrected chi connectivity index (χ2v) is 8.17. The molecule has 146 valence electrons. The second kappa shape index (κ2) is 9.35. The van der Waals surface area contributed by atoms with E-state index in [-0.39, 0.29) is 18.1 Å². The van der Waals surface area contributed by atoms with Gasteiger partial charge >= 0.3 is 6.03 Å². The first-order chi connectivity index (χ1) is 13.1. The van der Waals surface area contributed by atoms with E-state index in [1.54, 1.807) is 11.3 Å². The van der Waals surface area contributed by atoms with Crippen LogP contribution in [0.1, 0.15) is 30.3 Å². The average molecular weight is 387 g/mol. The van der Waals surface area contributed by atoms with Crippen molar-refractivity contribution in [3.8, 4) is 0 Å². The SMILES string of the molecule is CCN1CCN([C@@H](c2cccs2)[C@H](C)NC(=O)Nc2cccc(C)c2)CC1. The van der Waals surface area contributed by atoms with Gasteiger partial charge in [0.05, 0.1) is 6.04 Å². The molecule has 1 aliphatic rings. The Labute approximate surface area is 166 Å². The fourth-order valence-corrected chi connectivity index (χ4v) is 4.70. The van der Waals surface area contributed by atoms with Crippen LogP contribution in [0.2, 0.25) is 0 Å². The van der Waals surface area contributed by atoms with Gasteiger partial charge in [-0.1, -0.05) is 25.1 Å². The Morgan fingerprint density at radius 2 is 1.96 bits per heavy atom. The summed E-state index contributed by atoms with van der Waals surface area (Å²) in [6.07, 6.45) is 0. The number of piperazine rings is 1. The highest BCUT2D eigenvalue weighted by Gasteiger charge is 2.30. The standard InChI is InChI=1S/C21H30N4OS/c1-4-24-10-12-25(13-11-24)20(19-9-6-14-27-19)17(3)22-21(26)23-18-8-5-7-16(2)15-18/h5-9,14-15,17,20H,4,10-13H2,1-3H3,(H2,22,23,26)/t17-,20+/m0/s1. The molecule has 0 bridgehead atoms. The molecule has 1 aromatic heterocycles. The second-order valence-electron chi connectivity index (χ2n) is 7.19. The Morgan fingerprint density at radius 1 is 1.19 bits per heavy atom. The van der Waals surface area contributed by atoms with Crippen LogP contribution in [0.25, 0.3) is 0 Å². The van der Waals surface area contributed by atoms with E-state index in [0.717, 1.165) is 44.0 Å². The average Bonchev–Trinajstić information content (AvgIpc) is 3.16. The minimum Gasteiger partial charge on any atom is -0.333 e. The quantitative estimate of drug-likeness (QED) is 0.790. The molecule has 0 unspecified atom stereocenters. The van der Waals surface area contributed by atoms with E-state index in [4.69, 9.17) is 0 Å². The number of amides is 2. The van der Waals surface area contributed by atoms with Crippen molar-refractivity contribution in [2.75, 3.05) is 38.0 Å². The van der Waals surface area contributed by atoms with Gasteiger partial charge in [0.15, 0.2) is 0 Å². The molecular formula is C21H30N4OS. The Balaban J connectivity index is 1.66. The van der Waals surface area contributed by atoms with Crippen LogP contribution in [-0.4, -0.2) is 54.6 Å². The number of hydrogen-bond acceptors (Lipinski definition) is 4. The maximum absolute atomic E-state index is 12.5. The normalized spacial score (nSPS) is 18.0. The topological polar surface area (TPSA) is 47.6 Å². The minimum atomic E-state index is -0.151. The number of anilines is 1. The number of benzene rings is 1. The zero-order valence-corrected chi connectivity index (χ0v) is 17.3. The van der Waals surface area contributed by atoms with Crippen molar-refractivity contribution in [3.05, 3.63) is 52.2 Å². The number of rotatable bonds is 6. The summed E-state index contributed by atoms with van der Waals surface area (Å²) in [5.41, 5.74) is 1.95. The maximum atomic E-state index is 12.5. The number of thiophene rings is 1. The molecule has 5 nitrogen and oxygen atoms in total. The van der Waals surface area contributed by atoms with Crippen LogP contribution in [0.5, 0.6) is 0 Å². The Kier molecular flexibility index (Phi) is 6.88. The lowest BCUT2D eigenvalue weighted by molar-refractivity contribution is 0.0868.